The first-order valence-electron chi connectivity index (χ1n) is 11.8. The highest BCUT2D eigenvalue weighted by Gasteiger charge is 2.58. The SMILES string of the molecule is CCN(CC)[C@H]1C[C@H](CN2C(=O)C(O)(c3c(F)cccc3Cl)c3c2cc(S(C)(=O)=O)cc3C(F)(F)F)C1. The van der Waals surface area contributed by atoms with Crippen molar-refractivity contribution in [3.8, 4) is 0 Å². The normalized spacial score (nSPS) is 23.9. The van der Waals surface area contributed by atoms with Gasteiger partial charge in [-0.15, -0.1) is 0 Å². The maximum atomic E-state index is 15.0. The summed E-state index contributed by atoms with van der Waals surface area (Å²) in [6.45, 7) is 5.60. The predicted octanol–water partition coefficient (Wildman–Crippen LogP) is 4.60. The van der Waals surface area contributed by atoms with Crippen molar-refractivity contribution in [1.82, 2.24) is 4.90 Å². The third kappa shape index (κ3) is 4.64. The maximum absolute atomic E-state index is 15.0. The van der Waals surface area contributed by atoms with Gasteiger partial charge in [-0.1, -0.05) is 31.5 Å². The van der Waals surface area contributed by atoms with Gasteiger partial charge in [0.15, 0.2) is 9.84 Å². The number of anilines is 1. The highest BCUT2D eigenvalue weighted by atomic mass is 35.5. The monoisotopic (exact) mass is 562 g/mol. The summed E-state index contributed by atoms with van der Waals surface area (Å²) in [5.41, 5.74) is -6.81. The van der Waals surface area contributed by atoms with Crippen LogP contribution in [-0.2, 0) is 26.4 Å². The van der Waals surface area contributed by atoms with Gasteiger partial charge in [0, 0.05) is 24.4 Å². The van der Waals surface area contributed by atoms with Crippen molar-refractivity contribution in [1.29, 1.82) is 0 Å². The predicted molar refractivity (Wildman–Crippen MR) is 131 cm³/mol. The van der Waals surface area contributed by atoms with E-state index in [1.165, 1.54) is 6.07 Å². The summed E-state index contributed by atoms with van der Waals surface area (Å²) in [6, 6.07) is 4.78. The standard InChI is InChI=1S/C25H27ClF4N2O4S/c1-4-31(5-2)15-9-14(10-15)13-32-20-12-16(37(3,35)36)11-17(25(28,29)30)21(20)24(34,23(32)33)22-18(26)7-6-8-19(22)27/h6-8,11-12,14-15,34H,4-5,9-10,13H2,1-3H3/t14-,15-,24?. The van der Waals surface area contributed by atoms with E-state index in [1.54, 1.807) is 0 Å². The minimum absolute atomic E-state index is 0.0670. The molecule has 2 aromatic carbocycles. The van der Waals surface area contributed by atoms with E-state index in [0.717, 1.165) is 42.4 Å². The molecule has 1 unspecified atom stereocenters. The van der Waals surface area contributed by atoms with E-state index in [0.29, 0.717) is 18.9 Å². The average Bonchev–Trinajstić information content (AvgIpc) is 2.98. The average molecular weight is 563 g/mol. The number of nitrogens with zero attached hydrogens (tertiary/aromatic N) is 2. The van der Waals surface area contributed by atoms with Gasteiger partial charge in [0.1, 0.15) is 5.82 Å². The molecule has 1 N–H and O–H groups in total. The van der Waals surface area contributed by atoms with Gasteiger partial charge in [0.25, 0.3) is 5.91 Å². The molecule has 1 amide bonds. The summed E-state index contributed by atoms with van der Waals surface area (Å²) < 4.78 is 82.5. The number of sulfone groups is 1. The molecule has 0 radical (unpaired) electrons. The van der Waals surface area contributed by atoms with Crippen LogP contribution in [0.1, 0.15) is 43.4 Å². The van der Waals surface area contributed by atoms with Gasteiger partial charge in [-0.25, -0.2) is 12.8 Å². The van der Waals surface area contributed by atoms with Gasteiger partial charge >= 0.3 is 6.18 Å². The fourth-order valence-electron chi connectivity index (χ4n) is 5.45. The summed E-state index contributed by atoms with van der Waals surface area (Å²) >= 11 is 6.13. The lowest BCUT2D eigenvalue weighted by molar-refractivity contribution is -0.142. The van der Waals surface area contributed by atoms with E-state index >= 15 is 0 Å². The summed E-state index contributed by atoms with van der Waals surface area (Å²) in [5.74, 6) is -2.49. The number of rotatable bonds is 7. The molecule has 0 saturated heterocycles. The van der Waals surface area contributed by atoms with Crippen molar-refractivity contribution < 1.29 is 35.9 Å². The Labute approximate surface area is 217 Å². The molecule has 6 nitrogen and oxygen atoms in total. The Balaban J connectivity index is 1.92. The first kappa shape index (κ1) is 27.8. The highest BCUT2D eigenvalue weighted by Crippen LogP contribution is 2.53. The van der Waals surface area contributed by atoms with Gasteiger partial charge < -0.3 is 14.9 Å². The van der Waals surface area contributed by atoms with Gasteiger partial charge in [0.05, 0.1) is 26.7 Å². The van der Waals surface area contributed by atoms with Gasteiger partial charge in [-0.2, -0.15) is 13.2 Å². The zero-order valence-electron chi connectivity index (χ0n) is 20.4. The van der Waals surface area contributed by atoms with Gasteiger partial charge in [-0.05, 0) is 56.1 Å². The fraction of sp³-hybridized carbons (Fsp3) is 0.480. The molecule has 2 aliphatic rings. The van der Waals surface area contributed by atoms with E-state index in [2.05, 4.69) is 4.90 Å². The Morgan fingerprint density at radius 2 is 1.78 bits per heavy atom. The van der Waals surface area contributed by atoms with E-state index in [1.807, 2.05) is 13.8 Å². The lowest BCUT2D eigenvalue weighted by Gasteiger charge is -2.43. The number of aliphatic hydroxyl groups is 1. The molecule has 4 rings (SSSR count). The van der Waals surface area contributed by atoms with E-state index in [4.69, 9.17) is 11.6 Å². The van der Waals surface area contributed by atoms with Crippen molar-refractivity contribution >= 4 is 33.0 Å². The first-order chi connectivity index (χ1) is 17.1. The van der Waals surface area contributed by atoms with Crippen molar-refractivity contribution in [2.45, 2.75) is 49.4 Å². The van der Waals surface area contributed by atoms with Crippen LogP contribution >= 0.6 is 11.6 Å². The Hall–Kier alpha value is -2.21. The van der Waals surface area contributed by atoms with Crippen LogP contribution in [-0.4, -0.2) is 56.3 Å². The van der Waals surface area contributed by atoms with Crippen LogP contribution < -0.4 is 4.90 Å². The molecule has 0 spiro atoms. The Bertz CT molecular complexity index is 1320. The number of amides is 1. The van der Waals surface area contributed by atoms with Crippen LogP contribution in [0.3, 0.4) is 0 Å². The van der Waals surface area contributed by atoms with Crippen molar-refractivity contribution in [3.63, 3.8) is 0 Å². The van der Waals surface area contributed by atoms with Crippen LogP contribution in [0.5, 0.6) is 0 Å². The quantitative estimate of drug-likeness (QED) is 0.499. The van der Waals surface area contributed by atoms with Crippen molar-refractivity contribution in [2.75, 3.05) is 30.8 Å². The molecule has 0 bridgehead atoms. The molecule has 1 aliphatic carbocycles. The number of fused-ring (bicyclic) bond motifs is 1. The smallest absolute Gasteiger partial charge is 0.372 e. The summed E-state index contributed by atoms with van der Waals surface area (Å²) in [4.78, 5) is 16.3. The lowest BCUT2D eigenvalue weighted by Crippen LogP contribution is -2.50. The third-order valence-corrected chi connectivity index (χ3v) is 8.74. The number of carbonyl (C=O) groups is 1. The molecule has 1 saturated carbocycles. The number of benzene rings is 2. The molecule has 2 aromatic rings. The molecule has 0 aromatic heterocycles. The fourth-order valence-corrected chi connectivity index (χ4v) is 6.40. The molecule has 37 heavy (non-hydrogen) atoms. The van der Waals surface area contributed by atoms with Crippen LogP contribution in [0.15, 0.2) is 35.2 Å². The van der Waals surface area contributed by atoms with E-state index in [9.17, 15) is 35.9 Å². The number of hydrogen-bond acceptors (Lipinski definition) is 5. The lowest BCUT2D eigenvalue weighted by atomic mass is 9.78. The van der Waals surface area contributed by atoms with Crippen LogP contribution in [0.4, 0.5) is 23.2 Å². The number of alkyl halides is 3. The Morgan fingerprint density at radius 3 is 2.30 bits per heavy atom. The molecule has 1 heterocycles. The highest BCUT2D eigenvalue weighted by molar-refractivity contribution is 7.90. The zero-order chi connectivity index (χ0) is 27.5. The van der Waals surface area contributed by atoms with Crippen molar-refractivity contribution in [2.24, 2.45) is 5.92 Å². The minimum Gasteiger partial charge on any atom is -0.372 e. The summed E-state index contributed by atoms with van der Waals surface area (Å²) in [6.07, 6.45) is -3.09. The topological polar surface area (TPSA) is 77.9 Å². The first-order valence-corrected chi connectivity index (χ1v) is 14.1. The second kappa shape index (κ2) is 9.52. The molecule has 1 fully saturated rings. The van der Waals surface area contributed by atoms with Gasteiger partial charge in [0.2, 0.25) is 5.60 Å². The second-order valence-electron chi connectivity index (χ2n) is 9.57. The minimum atomic E-state index is -5.17. The van der Waals surface area contributed by atoms with Gasteiger partial charge in [-0.3, -0.25) is 4.79 Å². The number of hydrogen-bond donors (Lipinski definition) is 1. The molecule has 1 aliphatic heterocycles. The van der Waals surface area contributed by atoms with E-state index in [-0.39, 0.29) is 18.5 Å². The molecule has 1 atom stereocenters. The van der Waals surface area contributed by atoms with Crippen molar-refractivity contribution in [3.05, 3.63) is 57.9 Å². The Kier molecular flexibility index (Phi) is 7.15. The summed E-state index contributed by atoms with van der Waals surface area (Å²) in [7, 11) is -4.14. The summed E-state index contributed by atoms with van der Waals surface area (Å²) in [5, 5.41) is 11.3. The number of carbonyl (C=O) groups excluding carboxylic acids is 1. The van der Waals surface area contributed by atoms with Crippen LogP contribution in [0.25, 0.3) is 0 Å². The second-order valence-corrected chi connectivity index (χ2v) is 12.0. The number of halogens is 5. The molecule has 202 valence electrons. The van der Waals surface area contributed by atoms with Crippen LogP contribution in [0, 0.1) is 11.7 Å². The largest absolute Gasteiger partial charge is 0.416 e. The Morgan fingerprint density at radius 1 is 1.16 bits per heavy atom. The van der Waals surface area contributed by atoms with Crippen LogP contribution in [0.2, 0.25) is 5.02 Å². The zero-order valence-corrected chi connectivity index (χ0v) is 22.0. The van der Waals surface area contributed by atoms with E-state index < -0.39 is 65.6 Å². The third-order valence-electron chi connectivity index (χ3n) is 7.34. The molecule has 12 heteroatoms. The maximum Gasteiger partial charge on any atom is 0.416 e. The molecular formula is C25H27ClF4N2O4S. The molecular weight excluding hydrogens is 536 g/mol.